The van der Waals surface area contributed by atoms with Gasteiger partial charge < -0.3 is 10.1 Å². The van der Waals surface area contributed by atoms with Gasteiger partial charge in [0.2, 0.25) is 5.88 Å². The van der Waals surface area contributed by atoms with E-state index in [1.54, 1.807) is 0 Å². The Hall–Kier alpha value is -3.14. The van der Waals surface area contributed by atoms with E-state index in [0.29, 0.717) is 15.9 Å². The van der Waals surface area contributed by atoms with Gasteiger partial charge in [-0.05, 0) is 13.0 Å². The molecule has 3 rings (SSSR count). The number of thiazole rings is 1. The van der Waals surface area contributed by atoms with Crippen LogP contribution in [0.25, 0.3) is 10.9 Å². The van der Waals surface area contributed by atoms with Gasteiger partial charge in [0.05, 0.1) is 16.9 Å². The molecule has 0 aliphatic carbocycles. The number of carbonyl (C=O) groups is 1. The van der Waals surface area contributed by atoms with Gasteiger partial charge in [-0.2, -0.15) is 0 Å². The normalized spacial score (nSPS) is 11.4. The number of hydrogen-bond acceptors (Lipinski definition) is 7. The first-order valence-electron chi connectivity index (χ1n) is 6.78. The van der Waals surface area contributed by atoms with E-state index in [2.05, 4.69) is 20.2 Å². The maximum atomic E-state index is 11.8. The Bertz CT molecular complexity index is 975. The van der Waals surface area contributed by atoms with Gasteiger partial charge in [-0.15, -0.1) is 21.6 Å². The Kier molecular flexibility index (Phi) is 4.04. The van der Waals surface area contributed by atoms with Crippen molar-refractivity contribution in [2.45, 2.75) is 13.3 Å². The second-order valence-electron chi connectivity index (χ2n) is 4.96. The first-order valence-corrected chi connectivity index (χ1v) is 7.66. The molecule has 2 heterocycles. The molecule has 0 aliphatic heterocycles. The molecule has 0 atom stereocenters. The predicted molar refractivity (Wildman–Crippen MR) is 86.7 cm³/mol. The molecule has 0 fully saturated rings. The van der Waals surface area contributed by atoms with E-state index in [9.17, 15) is 20.0 Å². The van der Waals surface area contributed by atoms with Crippen LogP contribution in [-0.4, -0.2) is 25.9 Å². The Morgan fingerprint density at radius 2 is 2.29 bits per heavy atom. The van der Waals surface area contributed by atoms with Gasteiger partial charge >= 0.3 is 0 Å². The Morgan fingerprint density at radius 3 is 2.96 bits per heavy atom. The first kappa shape index (κ1) is 15.7. The lowest BCUT2D eigenvalue weighted by atomic mass is 10.2. The van der Waals surface area contributed by atoms with Crippen molar-refractivity contribution in [3.8, 4) is 5.88 Å². The third kappa shape index (κ3) is 3.13. The van der Waals surface area contributed by atoms with E-state index < -0.39 is 10.8 Å². The number of carbonyl (C=O) groups excluding carboxylic acids is 1. The molecule has 1 aromatic carbocycles. The minimum atomic E-state index is -0.555. The summed E-state index contributed by atoms with van der Waals surface area (Å²) < 4.78 is 0. The van der Waals surface area contributed by atoms with E-state index >= 15 is 0 Å². The zero-order valence-electron chi connectivity index (χ0n) is 12.4. The van der Waals surface area contributed by atoms with Crippen molar-refractivity contribution in [2.24, 2.45) is 10.2 Å². The topological polar surface area (TPSA) is 134 Å². The fourth-order valence-electron chi connectivity index (χ4n) is 2.12. The molecular formula is C14H11N5O4S. The van der Waals surface area contributed by atoms with Gasteiger partial charge in [-0.1, -0.05) is 0 Å². The minimum absolute atomic E-state index is 0.00523. The lowest BCUT2D eigenvalue weighted by molar-refractivity contribution is -0.384. The van der Waals surface area contributed by atoms with Crippen molar-refractivity contribution >= 4 is 39.5 Å². The largest absolute Gasteiger partial charge is 0.493 e. The summed E-state index contributed by atoms with van der Waals surface area (Å²) in [7, 11) is 0. The zero-order chi connectivity index (χ0) is 17.3. The number of H-pyrrole nitrogens is 1. The number of amides is 1. The summed E-state index contributed by atoms with van der Waals surface area (Å²) in [6, 6.07) is 4.01. The Balaban J connectivity index is 1.88. The van der Waals surface area contributed by atoms with Crippen LogP contribution < -0.4 is 0 Å². The average molecular weight is 345 g/mol. The molecule has 0 unspecified atom stereocenters. The van der Waals surface area contributed by atoms with Crippen molar-refractivity contribution in [3.05, 3.63) is 44.4 Å². The van der Waals surface area contributed by atoms with Gasteiger partial charge in [0, 0.05) is 28.6 Å². The number of hydrogen-bond donors (Lipinski definition) is 2. The Labute approximate surface area is 138 Å². The third-order valence-corrected chi connectivity index (χ3v) is 4.14. The van der Waals surface area contributed by atoms with E-state index in [1.807, 2.05) is 12.3 Å². The number of nitro benzene ring substituents is 1. The molecule has 0 spiro atoms. The fourth-order valence-corrected chi connectivity index (χ4v) is 2.88. The van der Waals surface area contributed by atoms with Crippen LogP contribution in [0.15, 0.2) is 33.8 Å². The van der Waals surface area contributed by atoms with Crippen LogP contribution in [0.4, 0.5) is 11.4 Å². The molecular weight excluding hydrogens is 334 g/mol. The van der Waals surface area contributed by atoms with Gasteiger partial charge in [0.25, 0.3) is 11.6 Å². The summed E-state index contributed by atoms with van der Waals surface area (Å²) in [6.07, 6.45) is 0.00523. The quantitative estimate of drug-likeness (QED) is 0.424. The number of nitrogens with one attached hydrogen (secondary N) is 1. The van der Waals surface area contributed by atoms with Gasteiger partial charge in [0.15, 0.2) is 5.69 Å². The number of nitrogens with zero attached hydrogens (tertiary/aromatic N) is 4. The van der Waals surface area contributed by atoms with Crippen molar-refractivity contribution in [2.75, 3.05) is 0 Å². The fraction of sp³-hybridized carbons (Fsp3) is 0.143. The molecule has 3 aromatic rings. The van der Waals surface area contributed by atoms with Gasteiger partial charge in [-0.3, -0.25) is 14.9 Å². The van der Waals surface area contributed by atoms with Gasteiger partial charge in [0.1, 0.15) is 5.01 Å². The van der Waals surface area contributed by atoms with Crippen molar-refractivity contribution in [1.29, 1.82) is 0 Å². The highest BCUT2D eigenvalue weighted by Gasteiger charge is 2.15. The first-order chi connectivity index (χ1) is 11.4. The van der Waals surface area contributed by atoms with Crippen LogP contribution in [0.2, 0.25) is 0 Å². The van der Waals surface area contributed by atoms with Crippen LogP contribution >= 0.6 is 11.3 Å². The van der Waals surface area contributed by atoms with Crippen LogP contribution in [0.1, 0.15) is 10.7 Å². The van der Waals surface area contributed by atoms with Crippen molar-refractivity contribution < 1.29 is 14.8 Å². The number of non-ortho nitro benzene ring substituents is 1. The molecule has 9 nitrogen and oxygen atoms in total. The highest BCUT2D eigenvalue weighted by atomic mass is 32.1. The lowest BCUT2D eigenvalue weighted by Gasteiger charge is -1.93. The standard InChI is InChI=1S/C14H11N5O4S/c1-7-6-24-12(15-7)5-11(20)17-18-13-9-4-8(19(22)23)2-3-10(9)16-14(13)21/h2-4,6,16,21H,5H2,1H3. The van der Waals surface area contributed by atoms with Gasteiger partial charge in [-0.25, -0.2) is 4.98 Å². The molecule has 24 heavy (non-hydrogen) atoms. The average Bonchev–Trinajstić information content (AvgIpc) is 3.07. The summed E-state index contributed by atoms with van der Waals surface area (Å²) in [6.45, 7) is 1.82. The summed E-state index contributed by atoms with van der Waals surface area (Å²) >= 11 is 1.35. The van der Waals surface area contributed by atoms with Crippen LogP contribution in [0.3, 0.4) is 0 Å². The molecule has 0 radical (unpaired) electrons. The number of nitro groups is 1. The summed E-state index contributed by atoms with van der Waals surface area (Å²) in [5, 5.41) is 30.8. The Morgan fingerprint density at radius 1 is 1.50 bits per heavy atom. The van der Waals surface area contributed by atoms with E-state index in [0.717, 1.165) is 5.69 Å². The SMILES string of the molecule is Cc1csc(CC(=O)N=Nc2c(O)[nH]c3ccc([N+](=O)[O-])cc23)n1. The molecule has 0 saturated carbocycles. The highest BCUT2D eigenvalue weighted by molar-refractivity contribution is 7.09. The maximum Gasteiger partial charge on any atom is 0.271 e. The summed E-state index contributed by atoms with van der Waals surface area (Å²) in [5.41, 5.74) is 1.11. The maximum absolute atomic E-state index is 11.8. The van der Waals surface area contributed by atoms with Crippen LogP contribution in [0.5, 0.6) is 5.88 Å². The zero-order valence-corrected chi connectivity index (χ0v) is 13.2. The van der Waals surface area contributed by atoms with E-state index in [1.165, 1.54) is 29.5 Å². The molecule has 2 N–H and O–H groups in total. The smallest absolute Gasteiger partial charge is 0.271 e. The monoisotopic (exact) mass is 345 g/mol. The second-order valence-corrected chi connectivity index (χ2v) is 5.91. The van der Waals surface area contributed by atoms with E-state index in [4.69, 9.17) is 0 Å². The van der Waals surface area contributed by atoms with Crippen LogP contribution in [-0.2, 0) is 11.2 Å². The molecule has 0 saturated heterocycles. The lowest BCUT2D eigenvalue weighted by Crippen LogP contribution is -1.97. The second kappa shape index (κ2) is 6.16. The van der Waals surface area contributed by atoms with Crippen molar-refractivity contribution in [3.63, 3.8) is 0 Å². The number of aryl methyl sites for hydroxylation is 1. The minimum Gasteiger partial charge on any atom is -0.493 e. The number of azo groups is 1. The number of aromatic nitrogens is 2. The molecule has 0 bridgehead atoms. The van der Waals surface area contributed by atoms with Crippen molar-refractivity contribution in [1.82, 2.24) is 9.97 Å². The number of aromatic amines is 1. The molecule has 10 heteroatoms. The van der Waals surface area contributed by atoms with Crippen LogP contribution in [0, 0.1) is 17.0 Å². The summed E-state index contributed by atoms with van der Waals surface area (Å²) in [4.78, 5) is 28.9. The third-order valence-electron chi connectivity index (χ3n) is 3.18. The molecule has 122 valence electrons. The number of aromatic hydroxyl groups is 1. The molecule has 1 amide bonds. The molecule has 0 aliphatic rings. The molecule has 2 aromatic heterocycles. The number of benzene rings is 1. The van der Waals surface area contributed by atoms with E-state index in [-0.39, 0.29) is 23.7 Å². The summed E-state index contributed by atoms with van der Waals surface area (Å²) in [5.74, 6) is -0.837. The highest BCUT2D eigenvalue weighted by Crippen LogP contribution is 2.37. The predicted octanol–water partition coefficient (Wildman–Crippen LogP) is 3.40. The number of fused-ring (bicyclic) bond motifs is 1. The number of rotatable bonds is 4.